The average Bonchev–Trinajstić information content (AvgIpc) is 2.58. The third kappa shape index (κ3) is 3.49. The number of hydrogen-bond acceptors (Lipinski definition) is 4. The summed E-state index contributed by atoms with van der Waals surface area (Å²) in [6.07, 6.45) is 0. The van der Waals surface area contributed by atoms with Crippen LogP contribution in [-0.4, -0.2) is 21.3 Å². The number of carbonyl (C=O) groups is 1. The number of aromatic nitrogens is 1. The van der Waals surface area contributed by atoms with E-state index in [2.05, 4.69) is 18.8 Å². The molecule has 0 saturated heterocycles. The summed E-state index contributed by atoms with van der Waals surface area (Å²) in [5, 5.41) is 10.5. The molecule has 0 bridgehead atoms. The number of nitrogens with zero attached hydrogens (tertiary/aromatic N) is 1. The topological polar surface area (TPSA) is 50.2 Å². The molecule has 0 atom stereocenters. The lowest BCUT2D eigenvalue weighted by Gasteiger charge is -2.01. The van der Waals surface area contributed by atoms with Crippen LogP contribution in [0, 0.1) is 0 Å². The molecular weight excluding hydrogens is 242 g/mol. The van der Waals surface area contributed by atoms with Gasteiger partial charge >= 0.3 is 5.97 Å². The highest BCUT2D eigenvalue weighted by atomic mass is 32.2. The van der Waals surface area contributed by atoms with E-state index in [0.29, 0.717) is 10.1 Å². The van der Waals surface area contributed by atoms with Crippen LogP contribution < -0.4 is 0 Å². The van der Waals surface area contributed by atoms with Crippen LogP contribution in [-0.2, 0) is 5.75 Å². The number of carboxylic acids is 1. The zero-order valence-corrected chi connectivity index (χ0v) is 11.6. The van der Waals surface area contributed by atoms with E-state index in [9.17, 15) is 4.79 Å². The maximum absolute atomic E-state index is 11.0. The van der Waals surface area contributed by atoms with E-state index in [1.807, 2.05) is 13.8 Å². The molecule has 0 amide bonds. The molecule has 1 heterocycles. The van der Waals surface area contributed by atoms with Crippen molar-refractivity contribution in [3.05, 3.63) is 15.6 Å². The van der Waals surface area contributed by atoms with Gasteiger partial charge in [0, 0.05) is 5.75 Å². The van der Waals surface area contributed by atoms with Gasteiger partial charge in [-0.2, -0.15) is 11.8 Å². The Morgan fingerprint density at radius 2 is 2.06 bits per heavy atom. The van der Waals surface area contributed by atoms with Crippen molar-refractivity contribution < 1.29 is 9.90 Å². The normalized spacial score (nSPS) is 11.4. The highest BCUT2D eigenvalue weighted by Crippen LogP contribution is 2.28. The van der Waals surface area contributed by atoms with E-state index in [4.69, 9.17) is 5.11 Å². The van der Waals surface area contributed by atoms with Gasteiger partial charge in [-0.25, -0.2) is 9.78 Å². The minimum absolute atomic E-state index is 0.167. The number of thioether (sulfide) groups is 1. The van der Waals surface area contributed by atoms with Gasteiger partial charge in [0.05, 0.1) is 5.69 Å². The van der Waals surface area contributed by atoms with Crippen LogP contribution in [0.25, 0.3) is 0 Å². The van der Waals surface area contributed by atoms with Crippen LogP contribution in [0.5, 0.6) is 0 Å². The molecule has 0 radical (unpaired) electrons. The first-order chi connectivity index (χ1) is 7.41. The summed E-state index contributed by atoms with van der Waals surface area (Å²) < 4.78 is 0. The fraction of sp³-hybridized carbons (Fsp3) is 0.636. The number of aromatic carboxylic acids is 1. The van der Waals surface area contributed by atoms with Crippen LogP contribution in [0.2, 0.25) is 0 Å². The van der Waals surface area contributed by atoms with E-state index in [1.165, 1.54) is 11.3 Å². The molecule has 0 aromatic carbocycles. The molecule has 90 valence electrons. The molecule has 0 aliphatic carbocycles. The summed E-state index contributed by atoms with van der Waals surface area (Å²) >= 11 is 3.09. The lowest BCUT2D eigenvalue weighted by atomic mass is 10.1. The Labute approximate surface area is 104 Å². The molecule has 0 spiro atoms. The molecule has 0 aliphatic heterocycles. The molecule has 0 saturated carbocycles. The summed E-state index contributed by atoms with van der Waals surface area (Å²) in [5.41, 5.74) is 0.719. The molecule has 5 heteroatoms. The van der Waals surface area contributed by atoms with Gasteiger partial charge in [-0.05, 0) is 11.2 Å². The van der Waals surface area contributed by atoms with Gasteiger partial charge in [-0.15, -0.1) is 11.3 Å². The maximum atomic E-state index is 11.0. The summed E-state index contributed by atoms with van der Waals surface area (Å²) in [5.74, 6) is 0.108. The van der Waals surface area contributed by atoms with Crippen LogP contribution in [0.3, 0.4) is 0 Å². The summed E-state index contributed by atoms with van der Waals surface area (Å²) in [6, 6.07) is 0. The van der Waals surface area contributed by atoms with Crippen molar-refractivity contribution in [3.8, 4) is 0 Å². The standard InChI is InChI=1S/C11H17NO2S2/c1-6(2)9-10(11(13)14)16-8(12-9)5-15-7(3)4/h6-7H,5H2,1-4H3,(H,13,14). The molecular formula is C11H17NO2S2. The molecule has 16 heavy (non-hydrogen) atoms. The van der Waals surface area contributed by atoms with E-state index in [-0.39, 0.29) is 5.92 Å². The van der Waals surface area contributed by atoms with Crippen LogP contribution in [0.1, 0.15) is 54.0 Å². The summed E-state index contributed by atoms with van der Waals surface area (Å²) in [7, 11) is 0. The molecule has 0 fully saturated rings. The number of hydrogen-bond donors (Lipinski definition) is 1. The highest BCUT2D eigenvalue weighted by molar-refractivity contribution is 7.99. The third-order valence-electron chi connectivity index (χ3n) is 1.98. The maximum Gasteiger partial charge on any atom is 0.347 e. The average molecular weight is 259 g/mol. The number of thiazole rings is 1. The van der Waals surface area contributed by atoms with Crippen LogP contribution >= 0.6 is 23.1 Å². The van der Waals surface area contributed by atoms with Crippen molar-refractivity contribution in [3.63, 3.8) is 0 Å². The van der Waals surface area contributed by atoms with Crippen molar-refractivity contribution in [2.24, 2.45) is 0 Å². The van der Waals surface area contributed by atoms with Gasteiger partial charge < -0.3 is 5.11 Å². The smallest absolute Gasteiger partial charge is 0.347 e. The lowest BCUT2D eigenvalue weighted by molar-refractivity contribution is 0.0700. The van der Waals surface area contributed by atoms with Crippen molar-refractivity contribution in [2.45, 2.75) is 44.6 Å². The Bertz CT molecular complexity index is 372. The second kappa shape index (κ2) is 5.68. The minimum atomic E-state index is -0.859. The molecule has 1 aromatic rings. The second-order valence-electron chi connectivity index (χ2n) is 4.14. The molecule has 0 aliphatic rings. The van der Waals surface area contributed by atoms with E-state index < -0.39 is 5.97 Å². The molecule has 1 N–H and O–H groups in total. The van der Waals surface area contributed by atoms with Gasteiger partial charge in [-0.1, -0.05) is 27.7 Å². The van der Waals surface area contributed by atoms with Gasteiger partial charge in [0.2, 0.25) is 0 Å². The van der Waals surface area contributed by atoms with E-state index in [1.54, 1.807) is 11.8 Å². The van der Waals surface area contributed by atoms with Crippen molar-refractivity contribution in [1.29, 1.82) is 0 Å². The molecule has 0 unspecified atom stereocenters. The Balaban J connectivity index is 2.88. The van der Waals surface area contributed by atoms with E-state index >= 15 is 0 Å². The SMILES string of the molecule is CC(C)SCc1nc(C(C)C)c(C(=O)O)s1. The Morgan fingerprint density at radius 3 is 2.44 bits per heavy atom. The molecule has 3 nitrogen and oxygen atoms in total. The number of rotatable bonds is 5. The quantitative estimate of drug-likeness (QED) is 0.877. The van der Waals surface area contributed by atoms with Crippen molar-refractivity contribution in [2.75, 3.05) is 0 Å². The first-order valence-electron chi connectivity index (χ1n) is 5.26. The first kappa shape index (κ1) is 13.5. The summed E-state index contributed by atoms with van der Waals surface area (Å²) in [4.78, 5) is 15.9. The van der Waals surface area contributed by atoms with Crippen LogP contribution in [0.4, 0.5) is 0 Å². The predicted molar refractivity (Wildman–Crippen MR) is 69.6 cm³/mol. The lowest BCUT2D eigenvalue weighted by Crippen LogP contribution is -2.00. The van der Waals surface area contributed by atoms with Gasteiger partial charge in [-0.3, -0.25) is 0 Å². The molecule has 1 aromatic heterocycles. The zero-order valence-electron chi connectivity index (χ0n) is 9.98. The van der Waals surface area contributed by atoms with Gasteiger partial charge in [0.15, 0.2) is 0 Å². The predicted octanol–water partition coefficient (Wildman–Crippen LogP) is 3.61. The van der Waals surface area contributed by atoms with Crippen molar-refractivity contribution in [1.82, 2.24) is 4.98 Å². The fourth-order valence-corrected chi connectivity index (χ4v) is 3.06. The van der Waals surface area contributed by atoms with Crippen molar-refractivity contribution >= 4 is 29.1 Å². The Hall–Kier alpha value is -0.550. The second-order valence-corrected chi connectivity index (χ2v) is 6.79. The summed E-state index contributed by atoms with van der Waals surface area (Å²) in [6.45, 7) is 8.20. The minimum Gasteiger partial charge on any atom is -0.477 e. The van der Waals surface area contributed by atoms with E-state index in [0.717, 1.165) is 16.5 Å². The van der Waals surface area contributed by atoms with Gasteiger partial charge in [0.1, 0.15) is 9.88 Å². The monoisotopic (exact) mass is 259 g/mol. The number of carboxylic acid groups (broad SMARTS) is 1. The Kier molecular flexibility index (Phi) is 4.80. The molecule has 1 rings (SSSR count). The first-order valence-corrected chi connectivity index (χ1v) is 7.12. The van der Waals surface area contributed by atoms with Crippen LogP contribution in [0.15, 0.2) is 0 Å². The fourth-order valence-electron chi connectivity index (χ4n) is 1.22. The zero-order chi connectivity index (χ0) is 12.3. The van der Waals surface area contributed by atoms with Gasteiger partial charge in [0.25, 0.3) is 0 Å². The Morgan fingerprint density at radius 1 is 1.44 bits per heavy atom. The largest absolute Gasteiger partial charge is 0.477 e. The third-order valence-corrected chi connectivity index (χ3v) is 4.33. The highest BCUT2D eigenvalue weighted by Gasteiger charge is 2.19.